The molecule has 1 aliphatic rings. The third-order valence-corrected chi connectivity index (χ3v) is 3.93. The molecule has 0 saturated heterocycles. The van der Waals surface area contributed by atoms with Crippen molar-refractivity contribution in [2.24, 2.45) is 5.41 Å². The van der Waals surface area contributed by atoms with E-state index < -0.39 is 0 Å². The molecule has 0 spiro atoms. The molecule has 1 N–H and O–H groups in total. The SMILES string of the molecule is CCCN(C)CCCCNC1=C(C(C)(C)C)C(=S)C1. The monoisotopic (exact) mass is 282 g/mol. The average Bonchev–Trinajstić information content (AvgIpc) is 2.24. The number of allylic oxidation sites excluding steroid dienone is 2. The maximum atomic E-state index is 5.39. The van der Waals surface area contributed by atoms with E-state index >= 15 is 0 Å². The Balaban J connectivity index is 2.24. The maximum Gasteiger partial charge on any atom is 0.0265 e. The van der Waals surface area contributed by atoms with Gasteiger partial charge in [-0.15, -0.1) is 0 Å². The predicted octanol–water partition coefficient (Wildman–Crippen LogP) is 3.77. The lowest BCUT2D eigenvalue weighted by molar-refractivity contribution is 0.326. The van der Waals surface area contributed by atoms with Gasteiger partial charge in [-0.3, -0.25) is 0 Å². The molecule has 0 aromatic heterocycles. The number of unbranched alkanes of at least 4 members (excludes halogenated alkanes) is 1. The van der Waals surface area contributed by atoms with Gasteiger partial charge in [-0.25, -0.2) is 0 Å². The van der Waals surface area contributed by atoms with E-state index in [9.17, 15) is 0 Å². The Bertz CT molecular complexity index is 339. The van der Waals surface area contributed by atoms with Gasteiger partial charge in [0.15, 0.2) is 0 Å². The highest BCUT2D eigenvalue weighted by molar-refractivity contribution is 7.81. The summed E-state index contributed by atoms with van der Waals surface area (Å²) < 4.78 is 0. The summed E-state index contributed by atoms with van der Waals surface area (Å²) >= 11 is 5.39. The Morgan fingerprint density at radius 1 is 1.21 bits per heavy atom. The van der Waals surface area contributed by atoms with E-state index in [0.29, 0.717) is 0 Å². The van der Waals surface area contributed by atoms with Crippen LogP contribution >= 0.6 is 12.2 Å². The fraction of sp³-hybridized carbons (Fsp3) is 0.812. The molecule has 0 aromatic rings. The van der Waals surface area contributed by atoms with Crippen LogP contribution in [0.3, 0.4) is 0 Å². The van der Waals surface area contributed by atoms with Crippen LogP contribution in [0.1, 0.15) is 53.4 Å². The molecule has 0 radical (unpaired) electrons. The van der Waals surface area contributed by atoms with E-state index in [-0.39, 0.29) is 5.41 Å². The second-order valence-corrected chi connectivity index (χ2v) is 7.13. The van der Waals surface area contributed by atoms with Crippen molar-refractivity contribution in [3.05, 3.63) is 11.3 Å². The average molecular weight is 282 g/mol. The first-order chi connectivity index (χ1) is 8.86. The van der Waals surface area contributed by atoms with Crippen LogP contribution in [0, 0.1) is 5.41 Å². The highest BCUT2D eigenvalue weighted by Gasteiger charge is 2.31. The molecule has 0 amide bonds. The summed E-state index contributed by atoms with van der Waals surface area (Å²) in [5, 5.41) is 3.59. The fourth-order valence-corrected chi connectivity index (χ4v) is 3.23. The minimum absolute atomic E-state index is 0.193. The van der Waals surface area contributed by atoms with Crippen LogP contribution in [0.2, 0.25) is 0 Å². The lowest BCUT2D eigenvalue weighted by Gasteiger charge is -2.35. The quantitative estimate of drug-likeness (QED) is 0.539. The minimum atomic E-state index is 0.193. The molecular weight excluding hydrogens is 252 g/mol. The van der Waals surface area contributed by atoms with Gasteiger partial charge in [-0.05, 0) is 50.4 Å². The van der Waals surface area contributed by atoms with Crippen LogP contribution in [0.4, 0.5) is 0 Å². The molecule has 0 atom stereocenters. The van der Waals surface area contributed by atoms with E-state index in [4.69, 9.17) is 12.2 Å². The maximum absolute atomic E-state index is 5.39. The molecule has 1 aliphatic carbocycles. The van der Waals surface area contributed by atoms with E-state index in [2.05, 4.69) is 45.0 Å². The molecule has 0 fully saturated rings. The normalized spacial score (nSPS) is 16.0. The largest absolute Gasteiger partial charge is 0.388 e. The van der Waals surface area contributed by atoms with Crippen molar-refractivity contribution in [3.63, 3.8) is 0 Å². The Kier molecular flexibility index (Phi) is 6.48. The van der Waals surface area contributed by atoms with Crippen molar-refractivity contribution in [1.82, 2.24) is 10.2 Å². The summed E-state index contributed by atoms with van der Waals surface area (Å²) in [5.74, 6) is 0. The molecule has 19 heavy (non-hydrogen) atoms. The van der Waals surface area contributed by atoms with Crippen LogP contribution in [-0.4, -0.2) is 36.4 Å². The first-order valence-electron chi connectivity index (χ1n) is 7.55. The molecule has 0 heterocycles. The summed E-state index contributed by atoms with van der Waals surface area (Å²) in [7, 11) is 2.21. The molecule has 0 unspecified atom stereocenters. The van der Waals surface area contributed by atoms with Gasteiger partial charge in [0.2, 0.25) is 0 Å². The Hall–Kier alpha value is -0.410. The van der Waals surface area contributed by atoms with Gasteiger partial charge in [-0.2, -0.15) is 0 Å². The Morgan fingerprint density at radius 2 is 1.89 bits per heavy atom. The van der Waals surface area contributed by atoms with Crippen molar-refractivity contribution in [2.75, 3.05) is 26.7 Å². The van der Waals surface area contributed by atoms with Crippen molar-refractivity contribution in [3.8, 4) is 0 Å². The van der Waals surface area contributed by atoms with Crippen LogP contribution in [0.5, 0.6) is 0 Å². The molecule has 0 aromatic carbocycles. The van der Waals surface area contributed by atoms with Crippen LogP contribution in [-0.2, 0) is 0 Å². The lowest BCUT2D eigenvalue weighted by atomic mass is 9.75. The molecule has 1 rings (SSSR count). The summed E-state index contributed by atoms with van der Waals surface area (Å²) in [4.78, 5) is 3.57. The summed E-state index contributed by atoms with van der Waals surface area (Å²) in [5.41, 5.74) is 2.96. The highest BCUT2D eigenvalue weighted by Crippen LogP contribution is 2.37. The fourth-order valence-electron chi connectivity index (χ4n) is 2.66. The van der Waals surface area contributed by atoms with Crippen molar-refractivity contribution < 1.29 is 0 Å². The number of hydrogen-bond acceptors (Lipinski definition) is 3. The molecule has 2 nitrogen and oxygen atoms in total. The standard InChI is InChI=1S/C16H30N2S/c1-6-10-18(5)11-8-7-9-17-13-12-14(19)15(13)16(2,3)4/h17H,6-12H2,1-5H3. The number of nitrogens with zero attached hydrogens (tertiary/aromatic N) is 1. The van der Waals surface area contributed by atoms with Gasteiger partial charge in [0.05, 0.1) is 0 Å². The second kappa shape index (κ2) is 7.39. The summed E-state index contributed by atoms with van der Waals surface area (Å²) in [6.07, 6.45) is 4.74. The third kappa shape index (κ3) is 5.23. The zero-order valence-corrected chi connectivity index (χ0v) is 14.1. The minimum Gasteiger partial charge on any atom is -0.388 e. The Labute approximate surface area is 124 Å². The van der Waals surface area contributed by atoms with E-state index in [1.165, 1.54) is 43.6 Å². The first-order valence-corrected chi connectivity index (χ1v) is 7.96. The summed E-state index contributed by atoms with van der Waals surface area (Å²) in [6.45, 7) is 12.5. The number of thiocarbonyl (C=S) groups is 1. The predicted molar refractivity (Wildman–Crippen MR) is 88.7 cm³/mol. The first kappa shape index (κ1) is 16.6. The number of rotatable bonds is 8. The molecule has 0 bridgehead atoms. The van der Waals surface area contributed by atoms with Crippen LogP contribution < -0.4 is 5.32 Å². The summed E-state index contributed by atoms with van der Waals surface area (Å²) in [6, 6.07) is 0. The topological polar surface area (TPSA) is 15.3 Å². The number of nitrogens with one attached hydrogen (secondary N) is 1. The van der Waals surface area contributed by atoms with Crippen molar-refractivity contribution in [2.45, 2.75) is 53.4 Å². The van der Waals surface area contributed by atoms with Gasteiger partial charge in [0.1, 0.15) is 0 Å². The third-order valence-electron chi connectivity index (χ3n) is 3.58. The van der Waals surface area contributed by atoms with E-state index in [0.717, 1.165) is 17.8 Å². The number of hydrogen-bond donors (Lipinski definition) is 1. The zero-order valence-electron chi connectivity index (χ0n) is 13.3. The highest BCUT2D eigenvalue weighted by atomic mass is 32.1. The van der Waals surface area contributed by atoms with Gasteiger partial charge in [-0.1, -0.05) is 39.9 Å². The van der Waals surface area contributed by atoms with Crippen molar-refractivity contribution >= 4 is 17.1 Å². The molecule has 0 aliphatic heterocycles. The smallest absolute Gasteiger partial charge is 0.0265 e. The molecule has 110 valence electrons. The van der Waals surface area contributed by atoms with Crippen molar-refractivity contribution in [1.29, 1.82) is 0 Å². The van der Waals surface area contributed by atoms with Gasteiger partial charge in [0, 0.05) is 23.5 Å². The Morgan fingerprint density at radius 3 is 2.42 bits per heavy atom. The van der Waals surface area contributed by atoms with Crippen LogP contribution in [0.15, 0.2) is 11.3 Å². The second-order valence-electron chi connectivity index (χ2n) is 6.64. The van der Waals surface area contributed by atoms with Gasteiger partial charge >= 0.3 is 0 Å². The van der Waals surface area contributed by atoms with Crippen LogP contribution in [0.25, 0.3) is 0 Å². The van der Waals surface area contributed by atoms with E-state index in [1.807, 2.05) is 0 Å². The molecule has 0 saturated carbocycles. The van der Waals surface area contributed by atoms with Gasteiger partial charge in [0.25, 0.3) is 0 Å². The van der Waals surface area contributed by atoms with Gasteiger partial charge < -0.3 is 10.2 Å². The molecule has 3 heteroatoms. The zero-order chi connectivity index (χ0) is 14.5. The lowest BCUT2D eigenvalue weighted by Crippen LogP contribution is -2.34. The molecular formula is C16H30N2S. The van der Waals surface area contributed by atoms with E-state index in [1.54, 1.807) is 0 Å².